The number of hydrogen-bond acceptors (Lipinski definition) is 6. The zero-order valence-electron chi connectivity index (χ0n) is 16.5. The SMILES string of the molecule is COC(=O)C1(NC(=O)c2ccc(CS(=O)(=O)c3ccccc3)o2)CCC(C)CC1. The van der Waals surface area contributed by atoms with E-state index in [9.17, 15) is 18.0 Å². The number of nitrogens with one attached hydrogen (secondary N) is 1. The number of furan rings is 1. The van der Waals surface area contributed by atoms with Crippen LogP contribution in [-0.4, -0.2) is 32.9 Å². The van der Waals surface area contributed by atoms with Crippen LogP contribution in [0.2, 0.25) is 0 Å². The third kappa shape index (κ3) is 4.70. The highest BCUT2D eigenvalue weighted by molar-refractivity contribution is 7.90. The molecule has 1 N–H and O–H groups in total. The quantitative estimate of drug-likeness (QED) is 0.722. The van der Waals surface area contributed by atoms with Crippen LogP contribution in [0.15, 0.2) is 51.8 Å². The molecule has 8 heteroatoms. The molecule has 1 aliphatic carbocycles. The Kier molecular flexibility index (Phi) is 6.12. The number of ether oxygens (including phenoxy) is 1. The summed E-state index contributed by atoms with van der Waals surface area (Å²) in [5.74, 6) is -0.801. The molecule has 0 bridgehead atoms. The molecule has 1 aliphatic rings. The van der Waals surface area contributed by atoms with Gasteiger partial charge in [0.05, 0.1) is 12.0 Å². The smallest absolute Gasteiger partial charge is 0.331 e. The van der Waals surface area contributed by atoms with Gasteiger partial charge in [-0.05, 0) is 55.9 Å². The Bertz CT molecular complexity index is 972. The van der Waals surface area contributed by atoms with Gasteiger partial charge in [-0.3, -0.25) is 4.79 Å². The van der Waals surface area contributed by atoms with Crippen LogP contribution in [0.1, 0.15) is 48.9 Å². The topological polar surface area (TPSA) is 103 Å². The Morgan fingerprint density at radius 3 is 2.41 bits per heavy atom. The summed E-state index contributed by atoms with van der Waals surface area (Å²) in [5.41, 5.74) is -1.08. The number of amides is 1. The number of esters is 1. The van der Waals surface area contributed by atoms with E-state index < -0.39 is 27.3 Å². The van der Waals surface area contributed by atoms with Crippen molar-refractivity contribution in [1.82, 2.24) is 5.32 Å². The van der Waals surface area contributed by atoms with Gasteiger partial charge < -0.3 is 14.5 Å². The standard InChI is InChI=1S/C21H25NO6S/c1-15-10-12-21(13-11-15,20(24)27-2)22-19(23)18-9-8-16(28-18)14-29(25,26)17-6-4-3-5-7-17/h3-9,15H,10-14H2,1-2H3,(H,22,23). The summed E-state index contributed by atoms with van der Waals surface area (Å²) < 4.78 is 35.4. The molecular weight excluding hydrogens is 394 g/mol. The van der Waals surface area contributed by atoms with Crippen molar-refractivity contribution in [3.05, 3.63) is 54.0 Å². The summed E-state index contributed by atoms with van der Waals surface area (Å²) in [6.45, 7) is 2.11. The van der Waals surface area contributed by atoms with Crippen molar-refractivity contribution in [3.8, 4) is 0 Å². The summed E-state index contributed by atoms with van der Waals surface area (Å²) in [5, 5.41) is 2.77. The van der Waals surface area contributed by atoms with Crippen molar-refractivity contribution in [2.45, 2.75) is 48.8 Å². The van der Waals surface area contributed by atoms with Gasteiger partial charge in [0, 0.05) is 0 Å². The lowest BCUT2D eigenvalue weighted by molar-refractivity contribution is -0.150. The number of carbonyl (C=O) groups excluding carboxylic acids is 2. The summed E-state index contributed by atoms with van der Waals surface area (Å²) in [6, 6.07) is 10.9. The molecular formula is C21H25NO6S. The lowest BCUT2D eigenvalue weighted by Gasteiger charge is -2.37. The van der Waals surface area contributed by atoms with Crippen molar-refractivity contribution in [2.75, 3.05) is 7.11 Å². The summed E-state index contributed by atoms with van der Waals surface area (Å²) in [4.78, 5) is 25.3. The van der Waals surface area contributed by atoms with Crippen molar-refractivity contribution >= 4 is 21.7 Å². The number of rotatable bonds is 6. The minimum absolute atomic E-state index is 0.0369. The van der Waals surface area contributed by atoms with E-state index in [1.165, 1.54) is 31.4 Å². The Balaban J connectivity index is 1.74. The van der Waals surface area contributed by atoms with Gasteiger partial charge >= 0.3 is 5.97 Å². The molecule has 1 aromatic carbocycles. The van der Waals surface area contributed by atoms with Crippen LogP contribution in [0.25, 0.3) is 0 Å². The Morgan fingerprint density at radius 2 is 1.79 bits per heavy atom. The third-order valence-electron chi connectivity index (χ3n) is 5.38. The van der Waals surface area contributed by atoms with Crippen LogP contribution in [0, 0.1) is 5.92 Å². The maximum absolute atomic E-state index is 12.7. The summed E-state index contributed by atoms with van der Waals surface area (Å²) >= 11 is 0. The molecule has 3 rings (SSSR count). The second-order valence-corrected chi connectivity index (χ2v) is 9.54. The Hall–Kier alpha value is -2.61. The predicted octanol–water partition coefficient (Wildman–Crippen LogP) is 3.11. The predicted molar refractivity (Wildman–Crippen MR) is 106 cm³/mol. The number of hydrogen-bond donors (Lipinski definition) is 1. The van der Waals surface area contributed by atoms with Crippen molar-refractivity contribution in [1.29, 1.82) is 0 Å². The average Bonchev–Trinajstić information content (AvgIpc) is 3.18. The van der Waals surface area contributed by atoms with E-state index in [0.29, 0.717) is 18.8 Å². The lowest BCUT2D eigenvalue weighted by atomic mass is 9.77. The minimum Gasteiger partial charge on any atom is -0.467 e. The maximum Gasteiger partial charge on any atom is 0.331 e. The molecule has 29 heavy (non-hydrogen) atoms. The van der Waals surface area contributed by atoms with Crippen LogP contribution >= 0.6 is 0 Å². The van der Waals surface area contributed by atoms with E-state index in [4.69, 9.17) is 9.15 Å². The van der Waals surface area contributed by atoms with Gasteiger partial charge in [-0.2, -0.15) is 0 Å². The highest BCUT2D eigenvalue weighted by Gasteiger charge is 2.44. The lowest BCUT2D eigenvalue weighted by Crippen LogP contribution is -2.56. The summed E-state index contributed by atoms with van der Waals surface area (Å²) in [7, 11) is -2.29. The molecule has 7 nitrogen and oxygen atoms in total. The molecule has 2 aromatic rings. The molecule has 1 amide bonds. The molecule has 1 aromatic heterocycles. The van der Waals surface area contributed by atoms with E-state index in [-0.39, 0.29) is 22.2 Å². The molecule has 156 valence electrons. The fourth-order valence-corrected chi connectivity index (χ4v) is 4.85. The van der Waals surface area contributed by atoms with E-state index in [1.54, 1.807) is 18.2 Å². The molecule has 0 spiro atoms. The fourth-order valence-electron chi connectivity index (χ4n) is 3.59. The molecule has 1 fully saturated rings. The van der Waals surface area contributed by atoms with Crippen LogP contribution in [0.4, 0.5) is 0 Å². The van der Waals surface area contributed by atoms with Crippen LogP contribution in [0.5, 0.6) is 0 Å². The van der Waals surface area contributed by atoms with Crippen molar-refractivity contribution in [2.24, 2.45) is 5.92 Å². The van der Waals surface area contributed by atoms with Gasteiger partial charge in [-0.15, -0.1) is 0 Å². The third-order valence-corrected chi connectivity index (χ3v) is 7.03. The van der Waals surface area contributed by atoms with Gasteiger partial charge in [-0.1, -0.05) is 25.1 Å². The highest BCUT2D eigenvalue weighted by Crippen LogP contribution is 2.33. The first-order chi connectivity index (χ1) is 13.8. The molecule has 1 heterocycles. The highest BCUT2D eigenvalue weighted by atomic mass is 32.2. The van der Waals surface area contributed by atoms with E-state index in [0.717, 1.165) is 12.8 Å². The zero-order chi connectivity index (χ0) is 21.1. The Morgan fingerprint density at radius 1 is 1.14 bits per heavy atom. The summed E-state index contributed by atoms with van der Waals surface area (Å²) in [6.07, 6.45) is 2.58. The second kappa shape index (κ2) is 8.41. The van der Waals surface area contributed by atoms with Crippen molar-refractivity contribution < 1.29 is 27.2 Å². The first kappa shape index (κ1) is 21.1. The maximum atomic E-state index is 12.7. The molecule has 0 atom stereocenters. The van der Waals surface area contributed by atoms with E-state index in [2.05, 4.69) is 12.2 Å². The average molecular weight is 419 g/mol. The molecule has 1 saturated carbocycles. The van der Waals surface area contributed by atoms with E-state index in [1.807, 2.05) is 0 Å². The monoisotopic (exact) mass is 419 g/mol. The van der Waals surface area contributed by atoms with Crippen molar-refractivity contribution in [3.63, 3.8) is 0 Å². The largest absolute Gasteiger partial charge is 0.467 e. The van der Waals surface area contributed by atoms with Gasteiger partial charge in [-0.25, -0.2) is 13.2 Å². The second-order valence-electron chi connectivity index (χ2n) is 7.55. The molecule has 0 unspecified atom stereocenters. The van der Waals surface area contributed by atoms with Crippen LogP contribution < -0.4 is 5.32 Å². The van der Waals surface area contributed by atoms with Gasteiger partial charge in [0.2, 0.25) is 0 Å². The molecule has 0 saturated heterocycles. The fraction of sp³-hybridized carbons (Fsp3) is 0.429. The molecule has 0 radical (unpaired) electrons. The van der Waals surface area contributed by atoms with Gasteiger partial charge in [0.25, 0.3) is 5.91 Å². The van der Waals surface area contributed by atoms with Gasteiger partial charge in [0.15, 0.2) is 15.6 Å². The number of benzene rings is 1. The Labute approximate surface area is 170 Å². The first-order valence-corrected chi connectivity index (χ1v) is 11.2. The minimum atomic E-state index is -3.59. The van der Waals surface area contributed by atoms with E-state index >= 15 is 0 Å². The number of methoxy groups -OCH3 is 1. The van der Waals surface area contributed by atoms with Gasteiger partial charge in [0.1, 0.15) is 17.1 Å². The zero-order valence-corrected chi connectivity index (χ0v) is 17.3. The number of carbonyl (C=O) groups is 2. The van der Waals surface area contributed by atoms with Crippen LogP contribution in [-0.2, 0) is 25.1 Å². The normalized spacial score (nSPS) is 22.1. The number of sulfone groups is 1. The van der Waals surface area contributed by atoms with Crippen LogP contribution in [0.3, 0.4) is 0 Å². The first-order valence-electron chi connectivity index (χ1n) is 9.53. The molecule has 0 aliphatic heterocycles.